The van der Waals surface area contributed by atoms with Crippen LogP contribution in [0.15, 0.2) is 11.6 Å². The van der Waals surface area contributed by atoms with E-state index in [1.165, 1.54) is 7.11 Å². The molecule has 0 saturated carbocycles. The highest BCUT2D eigenvalue weighted by atomic mass is 16.5. The van der Waals surface area contributed by atoms with E-state index in [0.717, 1.165) is 5.57 Å². The van der Waals surface area contributed by atoms with Crippen LogP contribution in [0.3, 0.4) is 0 Å². The molecule has 102 valence electrons. The Morgan fingerprint density at radius 1 is 1.50 bits per heavy atom. The summed E-state index contributed by atoms with van der Waals surface area (Å²) in [6, 6.07) is -0.613. The maximum Gasteiger partial charge on any atom is 0.328 e. The third-order valence-electron chi connectivity index (χ3n) is 2.86. The Morgan fingerprint density at radius 3 is 2.72 bits per heavy atom. The van der Waals surface area contributed by atoms with Crippen LogP contribution in [0, 0.1) is 5.92 Å². The maximum atomic E-state index is 11.9. The van der Waals surface area contributed by atoms with Gasteiger partial charge in [-0.3, -0.25) is 4.79 Å². The molecule has 1 fully saturated rings. The molecular formula is C13H21NO4. The summed E-state index contributed by atoms with van der Waals surface area (Å²) in [5.41, 5.74) is 1.10. The van der Waals surface area contributed by atoms with Crippen molar-refractivity contribution in [2.45, 2.75) is 32.7 Å². The zero-order chi connectivity index (χ0) is 13.5. The first-order valence-electron chi connectivity index (χ1n) is 6.14. The van der Waals surface area contributed by atoms with Crippen LogP contribution in [0.4, 0.5) is 0 Å². The lowest BCUT2D eigenvalue weighted by molar-refractivity contribution is -0.145. The van der Waals surface area contributed by atoms with Crippen LogP contribution in [0.1, 0.15) is 26.7 Å². The molecular weight excluding hydrogens is 234 g/mol. The van der Waals surface area contributed by atoms with E-state index in [-0.39, 0.29) is 11.8 Å². The fraction of sp³-hybridized carbons (Fsp3) is 0.692. The van der Waals surface area contributed by atoms with Crippen molar-refractivity contribution in [3.8, 4) is 0 Å². The third kappa shape index (κ3) is 4.49. The van der Waals surface area contributed by atoms with Crippen LogP contribution in [0.5, 0.6) is 0 Å². The molecule has 1 saturated heterocycles. The van der Waals surface area contributed by atoms with E-state index in [1.54, 1.807) is 0 Å². The number of hydrogen-bond donors (Lipinski definition) is 1. The number of rotatable bonds is 5. The molecule has 5 nitrogen and oxygen atoms in total. The van der Waals surface area contributed by atoms with Crippen LogP contribution < -0.4 is 5.32 Å². The van der Waals surface area contributed by atoms with Crippen molar-refractivity contribution in [1.29, 1.82) is 0 Å². The summed E-state index contributed by atoms with van der Waals surface area (Å²) in [7, 11) is 1.32. The summed E-state index contributed by atoms with van der Waals surface area (Å²) in [5, 5.41) is 2.73. The Morgan fingerprint density at radius 2 is 2.22 bits per heavy atom. The van der Waals surface area contributed by atoms with Crippen LogP contribution in [0.25, 0.3) is 0 Å². The van der Waals surface area contributed by atoms with Gasteiger partial charge in [0, 0.05) is 6.61 Å². The van der Waals surface area contributed by atoms with Crippen molar-refractivity contribution in [3.63, 3.8) is 0 Å². The third-order valence-corrected chi connectivity index (χ3v) is 2.86. The fourth-order valence-corrected chi connectivity index (χ4v) is 1.74. The Bertz CT molecular complexity index is 328. The number of allylic oxidation sites excluding steroid dienone is 1. The van der Waals surface area contributed by atoms with E-state index in [0.29, 0.717) is 26.1 Å². The molecule has 1 N–H and O–H groups in total. The molecule has 0 bridgehead atoms. The molecule has 5 heteroatoms. The van der Waals surface area contributed by atoms with Gasteiger partial charge in [-0.1, -0.05) is 11.6 Å². The summed E-state index contributed by atoms with van der Waals surface area (Å²) in [6.45, 7) is 4.93. The highest BCUT2D eigenvalue weighted by molar-refractivity contribution is 5.86. The van der Waals surface area contributed by atoms with E-state index in [4.69, 9.17) is 9.47 Å². The number of methoxy groups -OCH3 is 1. The SMILES string of the molecule is COC(=O)[C@@H](CC=C(C)C)NC(=O)[C@H]1CCOC1. The molecule has 1 heterocycles. The van der Waals surface area contributed by atoms with Crippen molar-refractivity contribution in [1.82, 2.24) is 5.32 Å². The lowest BCUT2D eigenvalue weighted by atomic mass is 10.1. The molecule has 2 atom stereocenters. The molecule has 0 aliphatic carbocycles. The second kappa shape index (κ2) is 7.16. The Labute approximate surface area is 108 Å². The molecule has 0 aromatic carbocycles. The number of amides is 1. The minimum absolute atomic E-state index is 0.134. The topological polar surface area (TPSA) is 64.6 Å². The van der Waals surface area contributed by atoms with Crippen molar-refractivity contribution >= 4 is 11.9 Å². The van der Waals surface area contributed by atoms with E-state index in [2.05, 4.69) is 5.32 Å². The van der Waals surface area contributed by atoms with Gasteiger partial charge in [0.25, 0.3) is 0 Å². The molecule has 0 aromatic rings. The molecule has 18 heavy (non-hydrogen) atoms. The van der Waals surface area contributed by atoms with Gasteiger partial charge in [-0.05, 0) is 26.7 Å². The lowest BCUT2D eigenvalue weighted by Gasteiger charge is -2.17. The minimum atomic E-state index is -0.613. The van der Waals surface area contributed by atoms with Gasteiger partial charge in [0.2, 0.25) is 5.91 Å². The summed E-state index contributed by atoms with van der Waals surface area (Å²) >= 11 is 0. The number of carbonyl (C=O) groups excluding carboxylic acids is 2. The average molecular weight is 255 g/mol. The summed E-state index contributed by atoms with van der Waals surface area (Å²) in [5.74, 6) is -0.700. The number of ether oxygens (including phenoxy) is 2. The van der Waals surface area contributed by atoms with Gasteiger partial charge in [-0.25, -0.2) is 4.79 Å². The normalized spacial score (nSPS) is 20.1. The second-order valence-corrected chi connectivity index (χ2v) is 4.66. The van der Waals surface area contributed by atoms with Crippen LogP contribution in [-0.2, 0) is 19.1 Å². The molecule has 0 aromatic heterocycles. The smallest absolute Gasteiger partial charge is 0.328 e. The largest absolute Gasteiger partial charge is 0.467 e. The average Bonchev–Trinajstić information content (AvgIpc) is 2.86. The zero-order valence-corrected chi connectivity index (χ0v) is 11.2. The molecule has 1 aliphatic heterocycles. The quantitative estimate of drug-likeness (QED) is 0.589. The van der Waals surface area contributed by atoms with Crippen LogP contribution in [0.2, 0.25) is 0 Å². The fourth-order valence-electron chi connectivity index (χ4n) is 1.74. The summed E-state index contributed by atoms with van der Waals surface area (Å²) in [6.07, 6.45) is 3.07. The monoisotopic (exact) mass is 255 g/mol. The molecule has 0 spiro atoms. The Hall–Kier alpha value is -1.36. The predicted molar refractivity (Wildman–Crippen MR) is 66.9 cm³/mol. The van der Waals surface area contributed by atoms with E-state index in [9.17, 15) is 9.59 Å². The first kappa shape index (κ1) is 14.7. The van der Waals surface area contributed by atoms with Gasteiger partial charge < -0.3 is 14.8 Å². The van der Waals surface area contributed by atoms with E-state index < -0.39 is 12.0 Å². The summed E-state index contributed by atoms with van der Waals surface area (Å²) in [4.78, 5) is 23.5. The molecule has 1 aliphatic rings. The Balaban J connectivity index is 2.56. The van der Waals surface area contributed by atoms with Crippen LogP contribution in [-0.4, -0.2) is 38.2 Å². The molecule has 0 unspecified atom stereocenters. The van der Waals surface area contributed by atoms with Crippen molar-refractivity contribution in [2.24, 2.45) is 5.92 Å². The van der Waals surface area contributed by atoms with Gasteiger partial charge in [0.1, 0.15) is 6.04 Å². The number of nitrogens with one attached hydrogen (secondary N) is 1. The zero-order valence-electron chi connectivity index (χ0n) is 11.2. The first-order chi connectivity index (χ1) is 8.54. The van der Waals surface area contributed by atoms with Crippen LogP contribution >= 0.6 is 0 Å². The molecule has 1 rings (SSSR count). The predicted octanol–water partition coefficient (Wildman–Crippen LogP) is 1.04. The number of carbonyl (C=O) groups is 2. The number of hydrogen-bond acceptors (Lipinski definition) is 4. The standard InChI is InChI=1S/C13H21NO4/c1-9(2)4-5-11(13(16)17-3)14-12(15)10-6-7-18-8-10/h4,10-11H,5-8H2,1-3H3,(H,14,15)/t10-,11+/m0/s1. The number of esters is 1. The van der Waals surface area contributed by atoms with Crippen molar-refractivity contribution in [3.05, 3.63) is 11.6 Å². The van der Waals surface area contributed by atoms with Gasteiger partial charge in [0.05, 0.1) is 19.6 Å². The first-order valence-corrected chi connectivity index (χ1v) is 6.14. The maximum absolute atomic E-state index is 11.9. The van der Waals surface area contributed by atoms with Gasteiger partial charge in [-0.2, -0.15) is 0 Å². The van der Waals surface area contributed by atoms with E-state index in [1.807, 2.05) is 19.9 Å². The molecule has 0 radical (unpaired) electrons. The van der Waals surface area contributed by atoms with Gasteiger partial charge in [-0.15, -0.1) is 0 Å². The second-order valence-electron chi connectivity index (χ2n) is 4.66. The van der Waals surface area contributed by atoms with Gasteiger partial charge in [0.15, 0.2) is 0 Å². The minimum Gasteiger partial charge on any atom is -0.467 e. The van der Waals surface area contributed by atoms with Crippen molar-refractivity contribution in [2.75, 3.05) is 20.3 Å². The Kier molecular flexibility index (Phi) is 5.85. The van der Waals surface area contributed by atoms with Gasteiger partial charge >= 0.3 is 5.97 Å². The molecule has 1 amide bonds. The van der Waals surface area contributed by atoms with Crippen molar-refractivity contribution < 1.29 is 19.1 Å². The highest BCUT2D eigenvalue weighted by Crippen LogP contribution is 2.13. The highest BCUT2D eigenvalue weighted by Gasteiger charge is 2.27. The lowest BCUT2D eigenvalue weighted by Crippen LogP contribution is -2.44. The van der Waals surface area contributed by atoms with E-state index >= 15 is 0 Å². The summed E-state index contributed by atoms with van der Waals surface area (Å²) < 4.78 is 9.85.